The van der Waals surface area contributed by atoms with Gasteiger partial charge in [-0.2, -0.15) is 4.31 Å². The third kappa shape index (κ3) is 5.91. The molecule has 2 heterocycles. The van der Waals surface area contributed by atoms with Gasteiger partial charge in [-0.1, -0.05) is 49.3 Å². The Morgan fingerprint density at radius 3 is 2.47 bits per heavy atom. The third-order valence-electron chi connectivity index (χ3n) is 5.85. The number of rotatable bonds is 10. The zero-order valence-electron chi connectivity index (χ0n) is 21.1. The van der Waals surface area contributed by atoms with Crippen molar-refractivity contribution in [3.05, 3.63) is 77.6 Å². The topological polar surface area (TPSA) is 110 Å². The molecule has 0 fully saturated rings. The number of nitrogens with one attached hydrogen (secondary N) is 1. The first kappa shape index (κ1) is 27.8. The van der Waals surface area contributed by atoms with Crippen molar-refractivity contribution in [3.8, 4) is 17.1 Å². The zero-order valence-corrected chi connectivity index (χ0v) is 23.5. The Bertz CT molecular complexity index is 1540. The standard InChI is InChI=1S/C26H27ClN6O3S2/c1-4-32(5-2)38(35,36)21-9-6-8-20(16-21)29-24(34)17-37-26-31-30-25(19-12-14-28-15-13-19)33(26)23-11-7-10-22(27)18(23)3/h6-16H,4-5,17H2,1-3H3,(H,29,34). The van der Waals surface area contributed by atoms with Gasteiger partial charge in [-0.15, -0.1) is 10.2 Å². The van der Waals surface area contributed by atoms with Crippen molar-refractivity contribution >= 4 is 45.0 Å². The first-order chi connectivity index (χ1) is 18.3. The molecule has 1 amide bonds. The summed E-state index contributed by atoms with van der Waals surface area (Å²) in [6.07, 6.45) is 3.35. The first-order valence-electron chi connectivity index (χ1n) is 11.9. The number of anilines is 1. The van der Waals surface area contributed by atoms with Crippen LogP contribution in [0.2, 0.25) is 5.02 Å². The lowest BCUT2D eigenvalue weighted by Gasteiger charge is -2.18. The van der Waals surface area contributed by atoms with E-state index in [0.717, 1.165) is 16.8 Å². The quantitative estimate of drug-likeness (QED) is 0.266. The number of thioether (sulfide) groups is 1. The summed E-state index contributed by atoms with van der Waals surface area (Å²) in [5.41, 5.74) is 2.86. The molecular formula is C26H27ClN6O3S2. The molecule has 0 unspecified atom stereocenters. The molecule has 0 bridgehead atoms. The van der Waals surface area contributed by atoms with Crippen LogP contribution in [0.25, 0.3) is 17.1 Å². The molecule has 0 aliphatic heterocycles. The largest absolute Gasteiger partial charge is 0.325 e. The van der Waals surface area contributed by atoms with Crippen LogP contribution in [0.1, 0.15) is 19.4 Å². The predicted octanol–water partition coefficient (Wildman–Crippen LogP) is 5.05. The van der Waals surface area contributed by atoms with Crippen LogP contribution >= 0.6 is 23.4 Å². The van der Waals surface area contributed by atoms with Crippen molar-refractivity contribution in [1.82, 2.24) is 24.1 Å². The normalized spacial score (nSPS) is 11.6. The van der Waals surface area contributed by atoms with Crippen LogP contribution in [-0.2, 0) is 14.8 Å². The van der Waals surface area contributed by atoms with Crippen molar-refractivity contribution in [2.75, 3.05) is 24.2 Å². The molecule has 4 aromatic rings. The first-order valence-corrected chi connectivity index (χ1v) is 14.7. The Kier molecular flexibility index (Phi) is 8.83. The Hall–Kier alpha value is -3.25. The van der Waals surface area contributed by atoms with E-state index in [-0.39, 0.29) is 16.6 Å². The maximum absolute atomic E-state index is 12.9. The van der Waals surface area contributed by atoms with E-state index in [9.17, 15) is 13.2 Å². The predicted molar refractivity (Wildman–Crippen MR) is 150 cm³/mol. The molecule has 0 aliphatic rings. The number of amides is 1. The number of aromatic nitrogens is 4. The highest BCUT2D eigenvalue weighted by atomic mass is 35.5. The smallest absolute Gasteiger partial charge is 0.243 e. The Balaban J connectivity index is 1.57. The Morgan fingerprint density at radius 2 is 1.76 bits per heavy atom. The van der Waals surface area contributed by atoms with Gasteiger partial charge in [0.15, 0.2) is 11.0 Å². The number of sulfonamides is 1. The molecule has 0 saturated carbocycles. The fourth-order valence-corrected chi connectivity index (χ4v) is 6.30. The summed E-state index contributed by atoms with van der Waals surface area (Å²) in [5, 5.41) is 12.6. The van der Waals surface area contributed by atoms with Crippen LogP contribution in [0.3, 0.4) is 0 Å². The van der Waals surface area contributed by atoms with Gasteiger partial charge < -0.3 is 5.32 Å². The van der Waals surface area contributed by atoms with E-state index in [1.54, 1.807) is 38.4 Å². The minimum absolute atomic E-state index is 0.0289. The number of carbonyl (C=O) groups is 1. The molecule has 0 radical (unpaired) electrons. The van der Waals surface area contributed by atoms with Gasteiger partial charge in [-0.25, -0.2) is 8.42 Å². The van der Waals surface area contributed by atoms with Gasteiger partial charge in [0.25, 0.3) is 0 Å². The molecule has 0 spiro atoms. The summed E-state index contributed by atoms with van der Waals surface area (Å²) in [6.45, 7) is 6.20. The van der Waals surface area contributed by atoms with Gasteiger partial charge in [-0.05, 0) is 55.0 Å². The van der Waals surface area contributed by atoms with Gasteiger partial charge in [0.05, 0.1) is 16.3 Å². The molecule has 12 heteroatoms. The number of hydrogen-bond acceptors (Lipinski definition) is 7. The maximum Gasteiger partial charge on any atom is 0.243 e. The van der Waals surface area contributed by atoms with Gasteiger partial charge in [0.1, 0.15) is 0 Å². The summed E-state index contributed by atoms with van der Waals surface area (Å²) in [6, 6.07) is 15.5. The Morgan fingerprint density at radius 1 is 1.05 bits per heavy atom. The molecule has 0 aliphatic carbocycles. The van der Waals surface area contributed by atoms with E-state index in [4.69, 9.17) is 11.6 Å². The molecule has 2 aromatic carbocycles. The highest BCUT2D eigenvalue weighted by molar-refractivity contribution is 7.99. The van der Waals surface area contributed by atoms with Crippen molar-refractivity contribution in [2.45, 2.75) is 30.8 Å². The van der Waals surface area contributed by atoms with Gasteiger partial charge >= 0.3 is 0 Å². The van der Waals surface area contributed by atoms with Gasteiger partial charge in [0, 0.05) is 41.8 Å². The molecule has 0 atom stereocenters. The number of pyridine rings is 1. The van der Waals surface area contributed by atoms with Crippen LogP contribution < -0.4 is 5.32 Å². The summed E-state index contributed by atoms with van der Waals surface area (Å²) in [7, 11) is -3.64. The molecule has 198 valence electrons. The highest BCUT2D eigenvalue weighted by Gasteiger charge is 2.22. The molecule has 4 rings (SSSR count). The minimum atomic E-state index is -3.64. The van der Waals surface area contributed by atoms with Crippen LogP contribution in [0.5, 0.6) is 0 Å². The van der Waals surface area contributed by atoms with Gasteiger partial charge in [0.2, 0.25) is 15.9 Å². The SMILES string of the molecule is CCN(CC)S(=O)(=O)c1cccc(NC(=O)CSc2nnc(-c3ccncc3)n2-c2cccc(Cl)c2C)c1. The lowest BCUT2D eigenvalue weighted by atomic mass is 10.2. The second-order valence-corrected chi connectivity index (χ2v) is 11.5. The van der Waals surface area contributed by atoms with E-state index < -0.39 is 10.0 Å². The van der Waals surface area contributed by atoms with Crippen LogP contribution in [0, 0.1) is 6.92 Å². The zero-order chi connectivity index (χ0) is 27.3. The number of nitrogens with zero attached hydrogens (tertiary/aromatic N) is 5. The van der Waals surface area contributed by atoms with E-state index >= 15 is 0 Å². The van der Waals surface area contributed by atoms with Crippen molar-refractivity contribution < 1.29 is 13.2 Å². The fraction of sp³-hybridized carbons (Fsp3) is 0.231. The van der Waals surface area contributed by atoms with E-state index in [2.05, 4.69) is 20.5 Å². The van der Waals surface area contributed by atoms with Crippen molar-refractivity contribution in [3.63, 3.8) is 0 Å². The fourth-order valence-electron chi connectivity index (χ4n) is 3.88. The number of carbonyl (C=O) groups excluding carboxylic acids is 1. The molecule has 9 nitrogen and oxygen atoms in total. The summed E-state index contributed by atoms with van der Waals surface area (Å²) < 4.78 is 29.0. The average molecular weight is 571 g/mol. The van der Waals surface area contributed by atoms with Crippen molar-refractivity contribution in [1.29, 1.82) is 0 Å². The van der Waals surface area contributed by atoms with E-state index in [0.29, 0.717) is 34.8 Å². The molecular weight excluding hydrogens is 544 g/mol. The van der Waals surface area contributed by atoms with Crippen molar-refractivity contribution in [2.24, 2.45) is 0 Å². The van der Waals surface area contributed by atoms with Gasteiger partial charge in [-0.3, -0.25) is 14.3 Å². The summed E-state index contributed by atoms with van der Waals surface area (Å²) in [5.74, 6) is 0.311. The monoisotopic (exact) mass is 570 g/mol. The Labute approximate surface area is 231 Å². The average Bonchev–Trinajstić information content (AvgIpc) is 3.34. The molecule has 0 saturated heterocycles. The number of halogens is 1. The lowest BCUT2D eigenvalue weighted by Crippen LogP contribution is -2.30. The number of hydrogen-bond donors (Lipinski definition) is 1. The summed E-state index contributed by atoms with van der Waals surface area (Å²) in [4.78, 5) is 17.1. The molecule has 38 heavy (non-hydrogen) atoms. The van der Waals surface area contributed by atoms with E-state index in [1.165, 1.54) is 28.2 Å². The number of benzene rings is 2. The second-order valence-electron chi connectivity index (χ2n) is 8.22. The van der Waals surface area contributed by atoms with Crippen LogP contribution in [0.4, 0.5) is 5.69 Å². The highest BCUT2D eigenvalue weighted by Crippen LogP contribution is 2.31. The summed E-state index contributed by atoms with van der Waals surface area (Å²) >= 11 is 7.61. The molecule has 1 N–H and O–H groups in total. The minimum Gasteiger partial charge on any atom is -0.325 e. The lowest BCUT2D eigenvalue weighted by molar-refractivity contribution is -0.113. The van der Waals surface area contributed by atoms with E-state index in [1.807, 2.05) is 41.8 Å². The second kappa shape index (κ2) is 12.1. The van der Waals surface area contributed by atoms with Crippen LogP contribution in [0.15, 0.2) is 77.0 Å². The third-order valence-corrected chi connectivity index (χ3v) is 9.23. The van der Waals surface area contributed by atoms with Crippen LogP contribution in [-0.4, -0.2) is 57.2 Å². The molecule has 2 aromatic heterocycles. The maximum atomic E-state index is 12.9.